The third-order valence-electron chi connectivity index (χ3n) is 6.32. The number of ether oxygens (including phenoxy) is 1. The molecule has 0 spiro atoms. The third kappa shape index (κ3) is 6.72. The number of methoxy groups -OCH3 is 1. The van der Waals surface area contributed by atoms with Crippen LogP contribution in [0.15, 0.2) is 77.7 Å². The van der Waals surface area contributed by atoms with Gasteiger partial charge in [-0.2, -0.15) is 0 Å². The number of sulfonamides is 1. The molecule has 3 aromatic carbocycles. The molecule has 2 amide bonds. The van der Waals surface area contributed by atoms with Gasteiger partial charge in [-0.15, -0.1) is 0 Å². The molecule has 3 rings (SSSR count). The predicted octanol–water partition coefficient (Wildman–Crippen LogP) is 4.06. The molecule has 1 N–H and O–H groups in total. The number of hydrogen-bond acceptors (Lipinski definition) is 5. The van der Waals surface area contributed by atoms with Crippen LogP contribution < -0.4 is 14.4 Å². The van der Waals surface area contributed by atoms with Crippen LogP contribution in [0.4, 0.5) is 5.69 Å². The van der Waals surface area contributed by atoms with E-state index in [1.807, 2.05) is 45.0 Å². The number of rotatable bonds is 11. The Hall–Kier alpha value is -3.85. The highest BCUT2D eigenvalue weighted by Crippen LogP contribution is 2.26. The van der Waals surface area contributed by atoms with Crippen molar-refractivity contribution < 1.29 is 22.7 Å². The second-order valence-electron chi connectivity index (χ2n) is 9.07. The first-order valence-corrected chi connectivity index (χ1v) is 13.8. The molecule has 0 saturated heterocycles. The lowest BCUT2D eigenvalue weighted by atomic mass is 10.1. The highest BCUT2D eigenvalue weighted by molar-refractivity contribution is 7.92. The quantitative estimate of drug-likeness (QED) is 0.398. The summed E-state index contributed by atoms with van der Waals surface area (Å²) in [5, 5.41) is 2.63. The number of carbonyl (C=O) groups excluding carboxylic acids is 2. The molecule has 0 aliphatic carbocycles. The maximum atomic E-state index is 13.9. The summed E-state index contributed by atoms with van der Waals surface area (Å²) in [4.78, 5) is 28.2. The molecule has 0 unspecified atom stereocenters. The fourth-order valence-corrected chi connectivity index (χ4v) is 5.62. The van der Waals surface area contributed by atoms with Crippen LogP contribution in [0.2, 0.25) is 0 Å². The van der Waals surface area contributed by atoms with Crippen LogP contribution in [0, 0.1) is 13.8 Å². The molecule has 3 aromatic rings. The summed E-state index contributed by atoms with van der Waals surface area (Å²) in [7, 11) is -1.11. The van der Waals surface area contributed by atoms with Gasteiger partial charge >= 0.3 is 0 Å². The number of carbonyl (C=O) groups is 2. The first kappa shape index (κ1) is 28.7. The number of amides is 2. The summed E-state index contributed by atoms with van der Waals surface area (Å²) in [5.41, 5.74) is 3.17. The predicted molar refractivity (Wildman–Crippen MR) is 149 cm³/mol. The topological polar surface area (TPSA) is 96.0 Å². The van der Waals surface area contributed by atoms with Crippen molar-refractivity contribution in [2.75, 3.05) is 25.0 Å². The second-order valence-corrected chi connectivity index (χ2v) is 10.9. The number of aryl methyl sites for hydroxylation is 2. The van der Waals surface area contributed by atoms with E-state index in [9.17, 15) is 18.0 Å². The Morgan fingerprint density at radius 2 is 1.61 bits per heavy atom. The van der Waals surface area contributed by atoms with Crippen molar-refractivity contribution >= 4 is 27.5 Å². The summed E-state index contributed by atoms with van der Waals surface area (Å²) < 4.78 is 33.9. The van der Waals surface area contributed by atoms with E-state index >= 15 is 0 Å². The Morgan fingerprint density at radius 1 is 0.947 bits per heavy atom. The van der Waals surface area contributed by atoms with Crippen molar-refractivity contribution in [3.05, 3.63) is 89.5 Å². The van der Waals surface area contributed by atoms with Crippen LogP contribution in [0.1, 0.15) is 30.0 Å². The van der Waals surface area contributed by atoms with Gasteiger partial charge in [0.05, 0.1) is 17.7 Å². The van der Waals surface area contributed by atoms with E-state index in [4.69, 9.17) is 4.74 Å². The Kier molecular flexibility index (Phi) is 9.52. The molecule has 202 valence electrons. The first-order valence-electron chi connectivity index (χ1n) is 12.4. The molecule has 1 atom stereocenters. The van der Waals surface area contributed by atoms with Gasteiger partial charge in [0, 0.05) is 13.6 Å². The molecule has 0 fully saturated rings. The largest absolute Gasteiger partial charge is 0.497 e. The lowest BCUT2D eigenvalue weighted by molar-refractivity contribution is -0.140. The molecule has 8 nitrogen and oxygen atoms in total. The summed E-state index contributed by atoms with van der Waals surface area (Å²) in [5.74, 6) is -0.282. The maximum absolute atomic E-state index is 13.9. The Balaban J connectivity index is 2.05. The summed E-state index contributed by atoms with van der Waals surface area (Å²) in [6, 6.07) is 19.8. The van der Waals surface area contributed by atoms with Crippen LogP contribution in [0.25, 0.3) is 0 Å². The van der Waals surface area contributed by atoms with Crippen molar-refractivity contribution in [1.29, 1.82) is 0 Å². The van der Waals surface area contributed by atoms with Crippen molar-refractivity contribution in [1.82, 2.24) is 10.2 Å². The van der Waals surface area contributed by atoms with Crippen molar-refractivity contribution in [2.24, 2.45) is 0 Å². The molecule has 9 heteroatoms. The number of nitrogens with one attached hydrogen (secondary N) is 1. The lowest BCUT2D eigenvalue weighted by Gasteiger charge is -2.33. The molecule has 0 aliphatic heterocycles. The average Bonchev–Trinajstić information content (AvgIpc) is 2.91. The van der Waals surface area contributed by atoms with Crippen LogP contribution in [-0.2, 0) is 26.2 Å². The minimum Gasteiger partial charge on any atom is -0.497 e. The van der Waals surface area contributed by atoms with Gasteiger partial charge in [0.1, 0.15) is 18.3 Å². The number of hydrogen-bond donors (Lipinski definition) is 1. The number of nitrogens with zero attached hydrogens (tertiary/aromatic N) is 2. The molecule has 0 aromatic heterocycles. The summed E-state index contributed by atoms with van der Waals surface area (Å²) in [6.07, 6.45) is 0.368. The fourth-order valence-electron chi connectivity index (χ4n) is 4.21. The van der Waals surface area contributed by atoms with Gasteiger partial charge in [-0.05, 0) is 62.2 Å². The van der Waals surface area contributed by atoms with Gasteiger partial charge in [-0.1, -0.05) is 54.4 Å². The van der Waals surface area contributed by atoms with E-state index in [0.29, 0.717) is 17.9 Å². The zero-order valence-corrected chi connectivity index (χ0v) is 23.3. The Morgan fingerprint density at radius 3 is 2.16 bits per heavy atom. The molecule has 0 bridgehead atoms. The van der Waals surface area contributed by atoms with Gasteiger partial charge < -0.3 is 15.0 Å². The standard InChI is InChI=1S/C29H35N3O5S/c1-6-27(29(34)30-4)31(19-23-9-7-8-22(3)18-23)28(33)20-32(24-12-10-21(2)11-13-24)38(35,36)26-16-14-25(37-5)15-17-26/h7-18,27H,6,19-20H2,1-5H3,(H,30,34)/t27-/m1/s1. The highest BCUT2D eigenvalue weighted by Gasteiger charge is 2.33. The number of anilines is 1. The molecular weight excluding hydrogens is 502 g/mol. The minimum absolute atomic E-state index is 0.0234. The number of benzene rings is 3. The fraction of sp³-hybridized carbons (Fsp3) is 0.310. The van der Waals surface area contributed by atoms with E-state index in [0.717, 1.165) is 21.0 Å². The Bertz CT molecular complexity index is 1360. The highest BCUT2D eigenvalue weighted by atomic mass is 32.2. The van der Waals surface area contributed by atoms with E-state index in [2.05, 4.69) is 5.32 Å². The van der Waals surface area contributed by atoms with Gasteiger partial charge in [0.2, 0.25) is 11.8 Å². The Labute approximate surface area is 225 Å². The molecule has 0 saturated carbocycles. The van der Waals surface area contributed by atoms with Crippen molar-refractivity contribution in [2.45, 2.75) is 44.7 Å². The second kappa shape index (κ2) is 12.6. The summed E-state index contributed by atoms with van der Waals surface area (Å²) >= 11 is 0. The van der Waals surface area contributed by atoms with Crippen molar-refractivity contribution in [3.8, 4) is 5.75 Å². The smallest absolute Gasteiger partial charge is 0.264 e. The van der Waals surface area contributed by atoms with Gasteiger partial charge in [0.25, 0.3) is 10.0 Å². The van der Waals surface area contributed by atoms with Crippen LogP contribution in [0.3, 0.4) is 0 Å². The SMILES string of the molecule is CC[C@H](C(=O)NC)N(Cc1cccc(C)c1)C(=O)CN(c1ccc(C)cc1)S(=O)(=O)c1ccc(OC)cc1. The van der Waals surface area contributed by atoms with Crippen molar-refractivity contribution in [3.63, 3.8) is 0 Å². The molecule has 0 heterocycles. The minimum atomic E-state index is -4.13. The zero-order valence-electron chi connectivity index (χ0n) is 22.5. The van der Waals surface area contributed by atoms with Crippen LogP contribution in [-0.4, -0.2) is 51.9 Å². The van der Waals surface area contributed by atoms with E-state index < -0.39 is 28.5 Å². The molecule has 38 heavy (non-hydrogen) atoms. The van der Waals surface area contributed by atoms with Crippen LogP contribution >= 0.6 is 0 Å². The van der Waals surface area contributed by atoms with Crippen LogP contribution in [0.5, 0.6) is 5.75 Å². The van der Waals surface area contributed by atoms with Gasteiger partial charge in [0.15, 0.2) is 0 Å². The van der Waals surface area contributed by atoms with E-state index in [1.54, 1.807) is 36.4 Å². The molecule has 0 radical (unpaired) electrons. The normalized spacial score (nSPS) is 11.9. The summed E-state index contributed by atoms with van der Waals surface area (Å²) in [6.45, 7) is 5.36. The lowest BCUT2D eigenvalue weighted by Crippen LogP contribution is -2.51. The monoisotopic (exact) mass is 537 g/mol. The maximum Gasteiger partial charge on any atom is 0.264 e. The number of likely N-dealkylation sites (N-methyl/N-ethyl adjacent to an activating group) is 1. The van der Waals surface area contributed by atoms with Gasteiger partial charge in [-0.25, -0.2) is 8.42 Å². The first-order chi connectivity index (χ1) is 18.1. The van der Waals surface area contributed by atoms with E-state index in [-0.39, 0.29) is 17.3 Å². The third-order valence-corrected chi connectivity index (χ3v) is 8.10. The van der Waals surface area contributed by atoms with E-state index in [1.165, 1.54) is 31.2 Å². The molecular formula is C29H35N3O5S. The molecule has 0 aliphatic rings. The average molecular weight is 538 g/mol. The zero-order chi connectivity index (χ0) is 27.9. The van der Waals surface area contributed by atoms with Gasteiger partial charge in [-0.3, -0.25) is 13.9 Å².